The molecule has 1 atom stereocenters. The highest BCUT2D eigenvalue weighted by molar-refractivity contribution is 7.89. The van der Waals surface area contributed by atoms with Crippen molar-refractivity contribution in [1.29, 1.82) is 0 Å². The molecular formula is C20H23ClN2O5S. The first-order valence-electron chi connectivity index (χ1n) is 9.30. The quantitative estimate of drug-likeness (QED) is 0.441. The van der Waals surface area contributed by atoms with Gasteiger partial charge in [0.2, 0.25) is 10.0 Å². The minimum Gasteiger partial charge on any atom is -0.466 e. The number of hydrogen-bond donors (Lipinski definition) is 0. The van der Waals surface area contributed by atoms with E-state index in [4.69, 9.17) is 21.1 Å². The first-order chi connectivity index (χ1) is 13.8. The molecule has 0 bridgehead atoms. The number of hydrogen-bond acceptors (Lipinski definition) is 6. The Morgan fingerprint density at radius 3 is 2.76 bits per heavy atom. The Labute approximate surface area is 175 Å². The number of sulfonamides is 1. The lowest BCUT2D eigenvalue weighted by atomic mass is 10.1. The first-order valence-corrected chi connectivity index (χ1v) is 11.1. The molecule has 0 N–H and O–H groups in total. The van der Waals surface area contributed by atoms with Crippen LogP contribution in [0, 0.1) is 0 Å². The first kappa shape index (κ1) is 21.7. The lowest BCUT2D eigenvalue weighted by Crippen LogP contribution is -2.30. The number of aromatic nitrogens is 1. The summed E-state index contributed by atoms with van der Waals surface area (Å²) in [5, 5.41) is 0.289. The van der Waals surface area contributed by atoms with E-state index in [1.165, 1.54) is 23.5 Å². The van der Waals surface area contributed by atoms with Gasteiger partial charge in [0.1, 0.15) is 0 Å². The molecule has 0 spiro atoms. The van der Waals surface area contributed by atoms with E-state index in [1.54, 1.807) is 19.1 Å². The maximum Gasteiger partial charge on any atom is 0.306 e. The highest BCUT2D eigenvalue weighted by atomic mass is 35.5. The number of ether oxygens (including phenoxy) is 2. The summed E-state index contributed by atoms with van der Waals surface area (Å²) in [5.41, 5.74) is 1.96. The number of rotatable bonds is 9. The van der Waals surface area contributed by atoms with E-state index in [-0.39, 0.29) is 28.4 Å². The largest absolute Gasteiger partial charge is 0.466 e. The Bertz CT molecular complexity index is 992. The van der Waals surface area contributed by atoms with Crippen LogP contribution < -0.4 is 0 Å². The van der Waals surface area contributed by atoms with Crippen LogP contribution in [0.2, 0.25) is 5.02 Å². The van der Waals surface area contributed by atoms with E-state index in [0.717, 1.165) is 5.69 Å². The molecule has 2 heterocycles. The van der Waals surface area contributed by atoms with Crippen molar-refractivity contribution >= 4 is 27.6 Å². The summed E-state index contributed by atoms with van der Waals surface area (Å²) in [6.45, 7) is 3.00. The summed E-state index contributed by atoms with van der Waals surface area (Å²) in [6.07, 6.45) is 0.655. The predicted octanol–water partition coefficient (Wildman–Crippen LogP) is 2.92. The zero-order chi connectivity index (χ0) is 21.0. The number of benzene rings is 1. The van der Waals surface area contributed by atoms with Crippen LogP contribution in [0.1, 0.15) is 19.0 Å². The van der Waals surface area contributed by atoms with Crippen LogP contribution >= 0.6 is 11.6 Å². The summed E-state index contributed by atoms with van der Waals surface area (Å²) < 4.78 is 36.7. The molecule has 2 aromatic rings. The maximum absolute atomic E-state index is 12.7. The normalized spacial score (nSPS) is 16.1. The van der Waals surface area contributed by atoms with Gasteiger partial charge in [-0.1, -0.05) is 17.7 Å². The topological polar surface area (TPSA) is 89.1 Å². The van der Waals surface area contributed by atoms with Crippen LogP contribution in [0.4, 0.5) is 0 Å². The van der Waals surface area contributed by atoms with Gasteiger partial charge in [-0.15, -0.1) is 0 Å². The second-order valence-electron chi connectivity index (χ2n) is 6.70. The molecule has 156 valence electrons. The predicted molar refractivity (Wildman–Crippen MR) is 109 cm³/mol. The molecule has 1 aliphatic heterocycles. The van der Waals surface area contributed by atoms with Crippen LogP contribution in [-0.4, -0.2) is 56.6 Å². The molecule has 3 rings (SSSR count). The zero-order valence-corrected chi connectivity index (χ0v) is 17.9. The van der Waals surface area contributed by atoms with Crippen molar-refractivity contribution in [3.63, 3.8) is 0 Å². The monoisotopic (exact) mass is 438 g/mol. The molecule has 0 saturated carbocycles. The Kier molecular flexibility index (Phi) is 6.89. The van der Waals surface area contributed by atoms with Gasteiger partial charge in [0, 0.05) is 31.3 Å². The van der Waals surface area contributed by atoms with E-state index in [9.17, 15) is 13.2 Å². The summed E-state index contributed by atoms with van der Waals surface area (Å²) in [6, 6.07) is 10.0. The molecule has 0 amide bonds. The summed E-state index contributed by atoms with van der Waals surface area (Å²) in [4.78, 5) is 16.2. The Morgan fingerprint density at radius 2 is 2.10 bits per heavy atom. The molecule has 0 aliphatic carbocycles. The smallest absolute Gasteiger partial charge is 0.306 e. The van der Waals surface area contributed by atoms with Crippen molar-refractivity contribution in [1.82, 2.24) is 9.29 Å². The molecule has 7 nitrogen and oxygen atoms in total. The van der Waals surface area contributed by atoms with E-state index in [1.807, 2.05) is 12.1 Å². The molecule has 1 fully saturated rings. The molecule has 1 aliphatic rings. The third kappa shape index (κ3) is 5.54. The van der Waals surface area contributed by atoms with Crippen molar-refractivity contribution < 1.29 is 22.7 Å². The second-order valence-corrected chi connectivity index (χ2v) is 9.15. The third-order valence-corrected chi connectivity index (χ3v) is 6.62. The van der Waals surface area contributed by atoms with Crippen LogP contribution in [0.5, 0.6) is 0 Å². The highest BCUT2D eigenvalue weighted by Gasteiger charge is 2.30. The Balaban J connectivity index is 1.78. The van der Waals surface area contributed by atoms with E-state index in [0.29, 0.717) is 37.4 Å². The van der Waals surface area contributed by atoms with Crippen LogP contribution in [0.25, 0.3) is 11.3 Å². The van der Waals surface area contributed by atoms with Gasteiger partial charge in [-0.05, 0) is 37.3 Å². The van der Waals surface area contributed by atoms with Gasteiger partial charge in [0.25, 0.3) is 0 Å². The van der Waals surface area contributed by atoms with E-state index >= 15 is 0 Å². The average molecular weight is 439 g/mol. The van der Waals surface area contributed by atoms with Gasteiger partial charge in [-0.2, -0.15) is 4.31 Å². The molecule has 29 heavy (non-hydrogen) atoms. The summed E-state index contributed by atoms with van der Waals surface area (Å²) in [5.74, 6) is -0.270. The van der Waals surface area contributed by atoms with Crippen LogP contribution in [0.3, 0.4) is 0 Å². The number of carbonyl (C=O) groups is 1. The number of nitrogens with zero attached hydrogens (tertiary/aromatic N) is 2. The van der Waals surface area contributed by atoms with Crippen LogP contribution in [-0.2, 0) is 30.7 Å². The van der Waals surface area contributed by atoms with Gasteiger partial charge >= 0.3 is 5.97 Å². The SMILES string of the molecule is CCOC(=O)CCc1cccc(-c2ccc(S(=O)(=O)N(C)CC3CO3)cc2Cl)n1. The Morgan fingerprint density at radius 1 is 1.34 bits per heavy atom. The van der Waals surface area contributed by atoms with Crippen molar-refractivity contribution in [2.24, 2.45) is 0 Å². The third-order valence-electron chi connectivity index (χ3n) is 4.49. The Hall–Kier alpha value is -2.00. The maximum atomic E-state index is 12.7. The fourth-order valence-electron chi connectivity index (χ4n) is 2.83. The number of aryl methyl sites for hydroxylation is 1. The van der Waals surface area contributed by atoms with E-state index in [2.05, 4.69) is 4.98 Å². The number of epoxide rings is 1. The van der Waals surface area contributed by atoms with Crippen molar-refractivity contribution in [2.45, 2.75) is 30.8 Å². The fraction of sp³-hybridized carbons (Fsp3) is 0.400. The lowest BCUT2D eigenvalue weighted by molar-refractivity contribution is -0.143. The minimum absolute atomic E-state index is 0.0360. The van der Waals surface area contributed by atoms with Crippen LogP contribution in [0.15, 0.2) is 41.3 Å². The molecular weight excluding hydrogens is 416 g/mol. The van der Waals surface area contributed by atoms with Crippen molar-refractivity contribution in [2.75, 3.05) is 26.8 Å². The minimum atomic E-state index is -3.65. The second kappa shape index (κ2) is 9.21. The van der Waals surface area contributed by atoms with Gasteiger partial charge < -0.3 is 9.47 Å². The number of halogens is 1. The van der Waals surface area contributed by atoms with Gasteiger partial charge in [-0.3, -0.25) is 9.78 Å². The zero-order valence-electron chi connectivity index (χ0n) is 16.3. The highest BCUT2D eigenvalue weighted by Crippen LogP contribution is 2.30. The number of pyridine rings is 1. The number of esters is 1. The molecule has 0 radical (unpaired) electrons. The van der Waals surface area contributed by atoms with Crippen molar-refractivity contribution in [3.8, 4) is 11.3 Å². The van der Waals surface area contributed by atoms with Gasteiger partial charge in [0.05, 0.1) is 41.4 Å². The number of likely N-dealkylation sites (N-methyl/N-ethyl adjacent to an activating group) is 1. The average Bonchev–Trinajstić information content (AvgIpc) is 3.50. The molecule has 1 unspecified atom stereocenters. The molecule has 1 aromatic heterocycles. The van der Waals surface area contributed by atoms with E-state index < -0.39 is 10.0 Å². The van der Waals surface area contributed by atoms with Crippen molar-refractivity contribution in [3.05, 3.63) is 47.1 Å². The fourth-order valence-corrected chi connectivity index (χ4v) is 4.41. The lowest BCUT2D eigenvalue weighted by Gasteiger charge is -2.17. The molecule has 1 saturated heterocycles. The van der Waals surface area contributed by atoms with Gasteiger partial charge in [0.15, 0.2) is 0 Å². The molecule has 9 heteroatoms. The summed E-state index contributed by atoms with van der Waals surface area (Å²) >= 11 is 6.39. The van der Waals surface area contributed by atoms with Gasteiger partial charge in [-0.25, -0.2) is 8.42 Å². The standard InChI is InChI=1S/C20H23ClN2O5S/c1-3-27-20(24)10-7-14-5-4-6-19(22-14)17-9-8-16(11-18(17)21)29(25,26)23(2)12-15-13-28-15/h4-6,8-9,11,15H,3,7,10,12-13H2,1-2H3. The molecule has 1 aromatic carbocycles. The summed E-state index contributed by atoms with van der Waals surface area (Å²) in [7, 11) is -2.13. The number of carbonyl (C=O) groups excluding carboxylic acids is 1.